The van der Waals surface area contributed by atoms with Gasteiger partial charge in [0.25, 0.3) is 0 Å². The van der Waals surface area contributed by atoms with Crippen LogP contribution in [-0.2, 0) is 11.3 Å². The van der Waals surface area contributed by atoms with Gasteiger partial charge < -0.3 is 19.7 Å². The number of hydrogen-bond donors (Lipinski definition) is 1. The van der Waals surface area contributed by atoms with Gasteiger partial charge in [0.05, 0.1) is 14.2 Å². The average Bonchev–Trinajstić information content (AvgIpc) is 2.45. The molecule has 112 valence electrons. The minimum absolute atomic E-state index is 0.119. The Bertz CT molecular complexity index is 461. The number of methoxy groups -OCH3 is 2. The molecule has 0 radical (unpaired) electrons. The minimum Gasteiger partial charge on any atom is -0.493 e. The number of rotatable bonds is 7. The fraction of sp³-hybridized carbons (Fsp3) is 0.533. The zero-order valence-corrected chi connectivity index (χ0v) is 12.9. The fourth-order valence-corrected chi connectivity index (χ4v) is 1.96. The monoisotopic (exact) mass is 280 g/mol. The molecule has 0 aliphatic rings. The Morgan fingerprint density at radius 1 is 1.25 bits per heavy atom. The van der Waals surface area contributed by atoms with E-state index in [-0.39, 0.29) is 5.91 Å². The topological polar surface area (TPSA) is 50.8 Å². The quantitative estimate of drug-likeness (QED) is 0.824. The van der Waals surface area contributed by atoms with Gasteiger partial charge in [-0.2, -0.15) is 0 Å². The lowest BCUT2D eigenvalue weighted by Crippen LogP contribution is -2.29. The number of carbonyl (C=O) groups is 1. The van der Waals surface area contributed by atoms with Crippen molar-refractivity contribution >= 4 is 5.91 Å². The summed E-state index contributed by atoms with van der Waals surface area (Å²) in [6.07, 6.45) is 0.499. The van der Waals surface area contributed by atoms with Crippen LogP contribution in [0.25, 0.3) is 0 Å². The molecule has 0 atom stereocenters. The Kier molecular flexibility index (Phi) is 6.31. The summed E-state index contributed by atoms with van der Waals surface area (Å²) < 4.78 is 10.6. The molecule has 1 N–H and O–H groups in total. The molecule has 0 spiro atoms. The second-order valence-corrected chi connectivity index (χ2v) is 4.74. The Morgan fingerprint density at radius 2 is 1.85 bits per heavy atom. The van der Waals surface area contributed by atoms with Gasteiger partial charge in [0.1, 0.15) is 0 Å². The summed E-state index contributed by atoms with van der Waals surface area (Å²) in [5.74, 6) is 1.51. The van der Waals surface area contributed by atoms with Gasteiger partial charge in [-0.1, -0.05) is 0 Å². The van der Waals surface area contributed by atoms with Crippen molar-refractivity contribution in [3.63, 3.8) is 0 Å². The number of nitrogens with zero attached hydrogens (tertiary/aromatic N) is 1. The van der Waals surface area contributed by atoms with E-state index in [0.29, 0.717) is 31.0 Å². The Balaban J connectivity index is 2.84. The van der Waals surface area contributed by atoms with Gasteiger partial charge in [0.2, 0.25) is 5.91 Å². The van der Waals surface area contributed by atoms with Gasteiger partial charge in [0, 0.05) is 26.6 Å². The van der Waals surface area contributed by atoms with E-state index in [4.69, 9.17) is 9.47 Å². The van der Waals surface area contributed by atoms with Crippen molar-refractivity contribution in [3.8, 4) is 11.5 Å². The molecule has 1 aromatic rings. The highest BCUT2D eigenvalue weighted by Crippen LogP contribution is 2.30. The van der Waals surface area contributed by atoms with Crippen molar-refractivity contribution in [3.05, 3.63) is 23.3 Å². The third-order valence-electron chi connectivity index (χ3n) is 3.26. The summed E-state index contributed by atoms with van der Waals surface area (Å²) in [5, 5.41) is 2.98. The predicted molar refractivity (Wildman–Crippen MR) is 79.3 cm³/mol. The van der Waals surface area contributed by atoms with Crippen molar-refractivity contribution in [2.45, 2.75) is 19.9 Å². The maximum absolute atomic E-state index is 11.9. The van der Waals surface area contributed by atoms with Crippen LogP contribution in [-0.4, -0.2) is 45.7 Å². The molecule has 0 heterocycles. The van der Waals surface area contributed by atoms with Crippen LogP contribution < -0.4 is 14.8 Å². The summed E-state index contributed by atoms with van der Waals surface area (Å²) in [6, 6.07) is 3.86. The van der Waals surface area contributed by atoms with Crippen LogP contribution in [0.4, 0.5) is 0 Å². The molecule has 20 heavy (non-hydrogen) atoms. The predicted octanol–water partition coefficient (Wildman–Crippen LogP) is 1.58. The smallest absolute Gasteiger partial charge is 0.223 e. The normalized spacial score (nSPS) is 10.2. The van der Waals surface area contributed by atoms with E-state index in [1.165, 1.54) is 0 Å². The first-order chi connectivity index (χ1) is 9.53. The van der Waals surface area contributed by atoms with Gasteiger partial charge in [0.15, 0.2) is 11.5 Å². The number of ether oxygens (including phenoxy) is 2. The highest BCUT2D eigenvalue weighted by Gasteiger charge is 2.13. The molecule has 0 saturated heterocycles. The van der Waals surface area contributed by atoms with E-state index in [0.717, 1.165) is 11.1 Å². The van der Waals surface area contributed by atoms with E-state index in [1.807, 2.05) is 33.2 Å². The summed E-state index contributed by atoms with van der Waals surface area (Å²) in [6.45, 7) is 3.26. The van der Waals surface area contributed by atoms with Crippen molar-refractivity contribution < 1.29 is 14.3 Å². The van der Waals surface area contributed by atoms with Crippen molar-refractivity contribution in [2.24, 2.45) is 0 Å². The van der Waals surface area contributed by atoms with Crippen molar-refractivity contribution in [1.82, 2.24) is 10.2 Å². The zero-order chi connectivity index (χ0) is 15.1. The number of nitrogens with one attached hydrogen (secondary N) is 1. The van der Waals surface area contributed by atoms with Crippen molar-refractivity contribution in [2.75, 3.05) is 34.9 Å². The van der Waals surface area contributed by atoms with Crippen LogP contribution in [0.1, 0.15) is 17.5 Å². The molecule has 5 nitrogen and oxygen atoms in total. The molecule has 0 bridgehead atoms. The molecule has 0 aromatic heterocycles. The summed E-state index contributed by atoms with van der Waals surface area (Å²) in [4.78, 5) is 13.7. The second kappa shape index (κ2) is 7.75. The number of carbonyl (C=O) groups excluding carboxylic acids is 1. The van der Waals surface area contributed by atoms with E-state index < -0.39 is 0 Å². The Hall–Kier alpha value is -1.75. The van der Waals surface area contributed by atoms with Crippen LogP contribution in [0.3, 0.4) is 0 Å². The lowest BCUT2D eigenvalue weighted by molar-refractivity contribution is -0.130. The van der Waals surface area contributed by atoms with Crippen LogP contribution in [0.15, 0.2) is 12.1 Å². The van der Waals surface area contributed by atoms with E-state index in [9.17, 15) is 4.79 Å². The molecular formula is C15H24N2O3. The van der Waals surface area contributed by atoms with Gasteiger partial charge >= 0.3 is 0 Å². The SMILES string of the molecule is CNCCC(=O)N(C)Cc1cc(OC)c(OC)cc1C. The van der Waals surface area contributed by atoms with Crippen LogP contribution in [0, 0.1) is 6.92 Å². The largest absolute Gasteiger partial charge is 0.493 e. The first-order valence-corrected chi connectivity index (χ1v) is 6.63. The molecule has 0 unspecified atom stereocenters. The molecule has 1 rings (SSSR count). The zero-order valence-electron chi connectivity index (χ0n) is 12.9. The Morgan fingerprint density at radius 3 is 2.40 bits per heavy atom. The van der Waals surface area contributed by atoms with Gasteiger partial charge in [-0.15, -0.1) is 0 Å². The summed E-state index contributed by atoms with van der Waals surface area (Å²) in [7, 11) is 6.88. The molecule has 1 aromatic carbocycles. The van der Waals surface area contributed by atoms with E-state index in [2.05, 4.69) is 5.32 Å². The third-order valence-corrected chi connectivity index (χ3v) is 3.26. The number of amides is 1. The lowest BCUT2D eigenvalue weighted by atomic mass is 10.1. The highest BCUT2D eigenvalue weighted by molar-refractivity contribution is 5.76. The molecule has 0 fully saturated rings. The summed E-state index contributed by atoms with van der Waals surface area (Å²) >= 11 is 0. The molecule has 0 aliphatic carbocycles. The molecule has 0 saturated carbocycles. The van der Waals surface area contributed by atoms with E-state index >= 15 is 0 Å². The van der Waals surface area contributed by atoms with Gasteiger partial charge in [-0.25, -0.2) is 0 Å². The highest BCUT2D eigenvalue weighted by atomic mass is 16.5. The summed E-state index contributed by atoms with van der Waals surface area (Å²) in [5.41, 5.74) is 2.14. The third kappa shape index (κ3) is 4.13. The second-order valence-electron chi connectivity index (χ2n) is 4.74. The molecule has 5 heteroatoms. The van der Waals surface area contributed by atoms with Crippen LogP contribution in [0.2, 0.25) is 0 Å². The van der Waals surface area contributed by atoms with Crippen LogP contribution >= 0.6 is 0 Å². The number of aryl methyl sites for hydroxylation is 1. The minimum atomic E-state index is 0.119. The van der Waals surface area contributed by atoms with Gasteiger partial charge in [-0.3, -0.25) is 4.79 Å². The first-order valence-electron chi connectivity index (χ1n) is 6.63. The maximum atomic E-state index is 11.9. The van der Waals surface area contributed by atoms with Gasteiger partial charge in [-0.05, 0) is 37.2 Å². The lowest BCUT2D eigenvalue weighted by Gasteiger charge is -2.20. The molecular weight excluding hydrogens is 256 g/mol. The number of benzene rings is 1. The van der Waals surface area contributed by atoms with Crippen molar-refractivity contribution in [1.29, 1.82) is 0 Å². The maximum Gasteiger partial charge on any atom is 0.223 e. The fourth-order valence-electron chi connectivity index (χ4n) is 1.96. The number of hydrogen-bond acceptors (Lipinski definition) is 4. The van der Waals surface area contributed by atoms with Crippen LogP contribution in [0.5, 0.6) is 11.5 Å². The standard InChI is InChI=1S/C15H24N2O3/c1-11-8-13(19-4)14(20-5)9-12(11)10-17(3)15(18)6-7-16-2/h8-9,16H,6-7,10H2,1-5H3. The Labute approximate surface area is 120 Å². The first kappa shape index (κ1) is 16.3. The molecule has 1 amide bonds. The molecule has 0 aliphatic heterocycles. The average molecular weight is 280 g/mol. The van der Waals surface area contributed by atoms with E-state index in [1.54, 1.807) is 19.1 Å².